The van der Waals surface area contributed by atoms with E-state index in [1.54, 1.807) is 18.4 Å². The Morgan fingerprint density at radius 3 is 2.74 bits per heavy atom. The van der Waals surface area contributed by atoms with Crippen LogP contribution in [-0.4, -0.2) is 61.6 Å². The molecule has 1 fully saturated rings. The lowest BCUT2D eigenvalue weighted by molar-refractivity contribution is -0.0757. The molecule has 0 spiro atoms. The Labute approximate surface area is 139 Å². The molecule has 5 nitrogen and oxygen atoms in total. The van der Waals surface area contributed by atoms with Gasteiger partial charge in [-0.2, -0.15) is 0 Å². The van der Waals surface area contributed by atoms with Crippen LogP contribution in [0.1, 0.15) is 43.7 Å². The molecule has 0 aromatic carbocycles. The molecule has 2 rings (SSSR count). The summed E-state index contributed by atoms with van der Waals surface area (Å²) in [5, 5.41) is 0. The third-order valence-electron chi connectivity index (χ3n) is 4.33. The second-order valence-corrected chi connectivity index (χ2v) is 7.35. The fourth-order valence-electron chi connectivity index (χ4n) is 3.24. The van der Waals surface area contributed by atoms with Crippen molar-refractivity contribution < 1.29 is 13.9 Å². The first-order valence-corrected chi connectivity index (χ1v) is 8.49. The minimum Gasteiger partial charge on any atom is -0.459 e. The molecular weight excluding hydrogens is 292 g/mol. The number of carbonyl (C=O) groups is 1. The van der Waals surface area contributed by atoms with E-state index in [1.807, 2.05) is 4.90 Å². The van der Waals surface area contributed by atoms with E-state index in [-0.39, 0.29) is 11.5 Å². The average molecular weight is 322 g/mol. The Kier molecular flexibility index (Phi) is 6.25. The van der Waals surface area contributed by atoms with Gasteiger partial charge in [-0.1, -0.05) is 0 Å². The predicted molar refractivity (Wildman–Crippen MR) is 90.5 cm³/mol. The molecule has 0 N–H and O–H groups in total. The molecule has 1 amide bonds. The molecule has 2 heterocycles. The van der Waals surface area contributed by atoms with Gasteiger partial charge in [0.25, 0.3) is 5.91 Å². The molecule has 0 unspecified atom stereocenters. The summed E-state index contributed by atoms with van der Waals surface area (Å²) in [4.78, 5) is 16.8. The highest BCUT2D eigenvalue weighted by atomic mass is 16.5. The van der Waals surface area contributed by atoms with Crippen LogP contribution in [0.15, 0.2) is 22.8 Å². The molecule has 1 saturated heterocycles. The maximum atomic E-state index is 12.7. The van der Waals surface area contributed by atoms with Crippen molar-refractivity contribution in [3.63, 3.8) is 0 Å². The summed E-state index contributed by atoms with van der Waals surface area (Å²) in [7, 11) is 4.11. The van der Waals surface area contributed by atoms with Crippen molar-refractivity contribution in [2.75, 3.05) is 40.3 Å². The number of hydrogen-bond acceptors (Lipinski definition) is 4. The van der Waals surface area contributed by atoms with Crippen LogP contribution in [0.2, 0.25) is 0 Å². The molecular formula is C18H30N2O3. The standard InChI is InChI=1S/C18H30N2O3/c1-18(2)13-15(8-12-23-18)14-20(10-6-9-19(3)4)17(21)16-7-5-11-22-16/h5,7,11,15H,6,8-10,12-14H2,1-4H3/t15-/m1/s1. The van der Waals surface area contributed by atoms with Crippen molar-refractivity contribution in [2.45, 2.75) is 38.7 Å². The Morgan fingerprint density at radius 1 is 1.35 bits per heavy atom. The second-order valence-electron chi connectivity index (χ2n) is 7.35. The smallest absolute Gasteiger partial charge is 0.289 e. The number of rotatable bonds is 7. The van der Waals surface area contributed by atoms with Crippen molar-refractivity contribution in [1.82, 2.24) is 9.80 Å². The molecule has 0 aliphatic carbocycles. The van der Waals surface area contributed by atoms with E-state index < -0.39 is 0 Å². The van der Waals surface area contributed by atoms with Crippen molar-refractivity contribution in [3.8, 4) is 0 Å². The fraction of sp³-hybridized carbons (Fsp3) is 0.722. The maximum absolute atomic E-state index is 12.7. The van der Waals surface area contributed by atoms with Crippen molar-refractivity contribution in [1.29, 1.82) is 0 Å². The van der Waals surface area contributed by atoms with Gasteiger partial charge >= 0.3 is 0 Å². The number of carbonyl (C=O) groups excluding carboxylic acids is 1. The zero-order chi connectivity index (χ0) is 16.9. The van der Waals surface area contributed by atoms with Gasteiger partial charge in [0, 0.05) is 19.7 Å². The van der Waals surface area contributed by atoms with Gasteiger partial charge in [0.05, 0.1) is 11.9 Å². The van der Waals surface area contributed by atoms with E-state index in [2.05, 4.69) is 32.8 Å². The van der Waals surface area contributed by atoms with Crippen LogP contribution in [-0.2, 0) is 4.74 Å². The van der Waals surface area contributed by atoms with Crippen LogP contribution < -0.4 is 0 Å². The van der Waals surface area contributed by atoms with Gasteiger partial charge in [-0.05, 0) is 71.8 Å². The molecule has 130 valence electrons. The Bertz CT molecular complexity index is 482. The minimum atomic E-state index is -0.0913. The lowest BCUT2D eigenvalue weighted by atomic mass is 9.88. The zero-order valence-corrected chi connectivity index (χ0v) is 14.9. The molecule has 1 aliphatic rings. The average Bonchev–Trinajstić information content (AvgIpc) is 2.98. The van der Waals surface area contributed by atoms with E-state index >= 15 is 0 Å². The Morgan fingerprint density at radius 2 is 2.13 bits per heavy atom. The highest BCUT2D eigenvalue weighted by molar-refractivity contribution is 5.91. The summed E-state index contributed by atoms with van der Waals surface area (Å²) in [6.45, 7) is 7.54. The van der Waals surface area contributed by atoms with Crippen LogP contribution in [0.4, 0.5) is 0 Å². The minimum absolute atomic E-state index is 0.00180. The highest BCUT2D eigenvalue weighted by Crippen LogP contribution is 2.29. The van der Waals surface area contributed by atoms with Crippen LogP contribution in [0.3, 0.4) is 0 Å². The number of nitrogens with zero attached hydrogens (tertiary/aromatic N) is 2. The SMILES string of the molecule is CN(C)CCCN(C[C@@H]1CCOC(C)(C)C1)C(=O)c1ccco1. The largest absolute Gasteiger partial charge is 0.459 e. The van der Waals surface area contributed by atoms with Crippen molar-refractivity contribution in [3.05, 3.63) is 24.2 Å². The summed E-state index contributed by atoms with van der Waals surface area (Å²) < 4.78 is 11.1. The van der Waals surface area contributed by atoms with Gasteiger partial charge < -0.3 is 19.0 Å². The van der Waals surface area contributed by atoms with Gasteiger partial charge in [0.2, 0.25) is 0 Å². The Balaban J connectivity index is 1.99. The summed E-state index contributed by atoms with van der Waals surface area (Å²) in [5.41, 5.74) is -0.0913. The number of amides is 1. The van der Waals surface area contributed by atoms with Crippen molar-refractivity contribution in [2.24, 2.45) is 5.92 Å². The first kappa shape index (κ1) is 18.0. The lowest BCUT2D eigenvalue weighted by Gasteiger charge is -2.37. The van der Waals surface area contributed by atoms with E-state index in [0.29, 0.717) is 11.7 Å². The third kappa shape index (κ3) is 5.66. The lowest BCUT2D eigenvalue weighted by Crippen LogP contribution is -2.42. The predicted octanol–water partition coefficient (Wildman–Crippen LogP) is 2.88. The van der Waals surface area contributed by atoms with Gasteiger partial charge in [0.1, 0.15) is 0 Å². The number of furan rings is 1. The molecule has 1 aliphatic heterocycles. The Hall–Kier alpha value is -1.33. The molecule has 1 aromatic rings. The second kappa shape index (κ2) is 7.97. The van der Waals surface area contributed by atoms with Crippen LogP contribution in [0.5, 0.6) is 0 Å². The summed E-state index contributed by atoms with van der Waals surface area (Å²) in [5.74, 6) is 0.913. The highest BCUT2D eigenvalue weighted by Gasteiger charge is 2.31. The summed E-state index contributed by atoms with van der Waals surface area (Å²) in [6, 6.07) is 3.51. The molecule has 5 heteroatoms. The van der Waals surface area contributed by atoms with E-state index in [9.17, 15) is 4.79 Å². The molecule has 0 saturated carbocycles. The first-order valence-electron chi connectivity index (χ1n) is 8.49. The van der Waals surface area contributed by atoms with Crippen LogP contribution in [0.25, 0.3) is 0 Å². The van der Waals surface area contributed by atoms with Crippen LogP contribution in [0, 0.1) is 5.92 Å². The fourth-order valence-corrected chi connectivity index (χ4v) is 3.24. The molecule has 1 atom stereocenters. The van der Waals surface area contributed by atoms with E-state index in [4.69, 9.17) is 9.15 Å². The normalized spacial score (nSPS) is 20.7. The monoisotopic (exact) mass is 322 g/mol. The molecule has 0 bridgehead atoms. The quantitative estimate of drug-likeness (QED) is 0.774. The third-order valence-corrected chi connectivity index (χ3v) is 4.33. The van der Waals surface area contributed by atoms with Gasteiger partial charge in [-0.3, -0.25) is 4.79 Å². The zero-order valence-electron chi connectivity index (χ0n) is 14.9. The van der Waals surface area contributed by atoms with Crippen molar-refractivity contribution >= 4 is 5.91 Å². The first-order chi connectivity index (χ1) is 10.9. The molecule has 23 heavy (non-hydrogen) atoms. The number of hydrogen-bond donors (Lipinski definition) is 0. The molecule has 1 aromatic heterocycles. The summed E-state index contributed by atoms with van der Waals surface area (Å²) in [6.07, 6.45) is 4.52. The summed E-state index contributed by atoms with van der Waals surface area (Å²) >= 11 is 0. The topological polar surface area (TPSA) is 45.9 Å². The van der Waals surface area contributed by atoms with Crippen LogP contribution >= 0.6 is 0 Å². The maximum Gasteiger partial charge on any atom is 0.289 e. The van der Waals surface area contributed by atoms with Gasteiger partial charge in [-0.25, -0.2) is 0 Å². The number of ether oxygens (including phenoxy) is 1. The van der Waals surface area contributed by atoms with E-state index in [0.717, 1.165) is 45.5 Å². The van der Waals surface area contributed by atoms with E-state index in [1.165, 1.54) is 0 Å². The van der Waals surface area contributed by atoms with Gasteiger partial charge in [-0.15, -0.1) is 0 Å². The molecule has 0 radical (unpaired) electrons. The van der Waals surface area contributed by atoms with Gasteiger partial charge in [0.15, 0.2) is 5.76 Å².